The molecule has 0 bridgehead atoms. The number of hydrogen-bond donors (Lipinski definition) is 2. The maximum Gasteiger partial charge on any atom is 0.238 e. The Hall–Kier alpha value is -1.50. The number of carbonyl (C=O) groups is 1. The van der Waals surface area contributed by atoms with E-state index in [1.165, 1.54) is 24.3 Å². The zero-order valence-electron chi connectivity index (χ0n) is 11.5. The van der Waals surface area contributed by atoms with Crippen LogP contribution in [0.4, 0.5) is 10.1 Å². The summed E-state index contributed by atoms with van der Waals surface area (Å²) in [5.74, 6) is -0.446. The van der Waals surface area contributed by atoms with Crippen molar-refractivity contribution in [3.05, 3.63) is 30.1 Å². The van der Waals surface area contributed by atoms with Crippen LogP contribution in [0.1, 0.15) is 6.92 Å². The highest BCUT2D eigenvalue weighted by Crippen LogP contribution is 2.10. The van der Waals surface area contributed by atoms with Crippen LogP contribution in [0.5, 0.6) is 0 Å². The Kier molecular flexibility index (Phi) is 5.05. The van der Waals surface area contributed by atoms with Crippen molar-refractivity contribution in [1.29, 1.82) is 0 Å². The molecule has 5 nitrogen and oxygen atoms in total. The van der Waals surface area contributed by atoms with Crippen LogP contribution in [-0.4, -0.2) is 49.2 Å². The second kappa shape index (κ2) is 6.78. The van der Waals surface area contributed by atoms with Crippen molar-refractivity contribution < 1.29 is 13.9 Å². The Balaban J connectivity index is 1.83. The number of nitrogens with one attached hydrogen (secondary N) is 1. The monoisotopic (exact) mass is 281 g/mol. The van der Waals surface area contributed by atoms with Gasteiger partial charge in [-0.3, -0.25) is 9.69 Å². The molecule has 2 rings (SSSR count). The largest absolute Gasteiger partial charge is 0.374 e. The van der Waals surface area contributed by atoms with Gasteiger partial charge in [0.05, 0.1) is 19.3 Å². The van der Waals surface area contributed by atoms with Crippen LogP contribution in [0, 0.1) is 5.82 Å². The van der Waals surface area contributed by atoms with Gasteiger partial charge >= 0.3 is 0 Å². The van der Waals surface area contributed by atoms with Crippen molar-refractivity contribution in [3.63, 3.8) is 0 Å². The lowest BCUT2D eigenvalue weighted by atomic mass is 10.1. The number of carbonyl (C=O) groups excluding carboxylic acids is 1. The van der Waals surface area contributed by atoms with Gasteiger partial charge in [-0.15, -0.1) is 0 Å². The van der Waals surface area contributed by atoms with Crippen molar-refractivity contribution in [2.45, 2.75) is 19.1 Å². The van der Waals surface area contributed by atoms with Gasteiger partial charge in [0.2, 0.25) is 5.91 Å². The molecule has 1 aromatic carbocycles. The highest BCUT2D eigenvalue weighted by Gasteiger charge is 2.24. The molecule has 1 aliphatic rings. The van der Waals surface area contributed by atoms with Gasteiger partial charge in [-0.1, -0.05) is 0 Å². The first-order valence-electron chi connectivity index (χ1n) is 6.69. The molecule has 0 aromatic heterocycles. The summed E-state index contributed by atoms with van der Waals surface area (Å²) in [6, 6.07) is 5.65. The van der Waals surface area contributed by atoms with Crippen LogP contribution in [-0.2, 0) is 9.53 Å². The maximum atomic E-state index is 12.8. The van der Waals surface area contributed by atoms with Gasteiger partial charge in [-0.25, -0.2) is 4.39 Å². The average Bonchev–Trinajstić information content (AvgIpc) is 2.41. The number of hydrogen-bond acceptors (Lipinski definition) is 4. The normalized spacial score (nSPS) is 21.4. The predicted octanol–water partition coefficient (Wildman–Crippen LogP) is 0.812. The fraction of sp³-hybridized carbons (Fsp3) is 0.500. The smallest absolute Gasteiger partial charge is 0.238 e. The van der Waals surface area contributed by atoms with Crippen molar-refractivity contribution in [1.82, 2.24) is 4.90 Å². The number of nitrogens with zero attached hydrogens (tertiary/aromatic N) is 1. The summed E-state index contributed by atoms with van der Waals surface area (Å²) in [5.41, 5.74) is 6.40. The molecule has 1 heterocycles. The number of rotatable bonds is 4. The number of nitrogens with two attached hydrogens (primary N) is 1. The van der Waals surface area contributed by atoms with Gasteiger partial charge in [-0.05, 0) is 31.2 Å². The fourth-order valence-electron chi connectivity index (χ4n) is 2.13. The SMILES string of the molecule is CC(N)C1CN(CC(=O)Nc2ccc(F)cc2)CCO1. The number of amides is 1. The molecule has 1 fully saturated rings. The Morgan fingerprint density at radius 1 is 1.55 bits per heavy atom. The average molecular weight is 281 g/mol. The number of halogens is 1. The van der Waals surface area contributed by atoms with Crippen molar-refractivity contribution in [2.24, 2.45) is 5.73 Å². The third kappa shape index (κ3) is 4.26. The van der Waals surface area contributed by atoms with Gasteiger partial charge in [0, 0.05) is 24.8 Å². The van der Waals surface area contributed by atoms with Crippen molar-refractivity contribution in [2.75, 3.05) is 31.6 Å². The summed E-state index contributed by atoms with van der Waals surface area (Å²) in [6.07, 6.45) is -0.0395. The molecule has 0 radical (unpaired) electrons. The third-order valence-electron chi connectivity index (χ3n) is 3.26. The highest BCUT2D eigenvalue weighted by atomic mass is 19.1. The van der Waals surface area contributed by atoms with E-state index >= 15 is 0 Å². The minimum atomic E-state index is -0.323. The molecule has 1 aromatic rings. The van der Waals surface area contributed by atoms with Crippen LogP contribution >= 0.6 is 0 Å². The summed E-state index contributed by atoms with van der Waals surface area (Å²) < 4.78 is 18.3. The molecule has 0 spiro atoms. The number of morpholine rings is 1. The second-order valence-electron chi connectivity index (χ2n) is 5.06. The van der Waals surface area contributed by atoms with Crippen LogP contribution in [0.25, 0.3) is 0 Å². The molecule has 1 aliphatic heterocycles. The highest BCUT2D eigenvalue weighted by molar-refractivity contribution is 5.92. The number of benzene rings is 1. The van der Waals surface area contributed by atoms with E-state index in [0.717, 1.165) is 0 Å². The molecule has 2 atom stereocenters. The molecule has 0 saturated carbocycles. The van der Waals surface area contributed by atoms with Gasteiger partial charge in [0.15, 0.2) is 0 Å². The Bertz CT molecular complexity index is 450. The van der Waals surface area contributed by atoms with E-state index < -0.39 is 0 Å². The van der Waals surface area contributed by atoms with E-state index in [9.17, 15) is 9.18 Å². The lowest BCUT2D eigenvalue weighted by Crippen LogP contribution is -2.51. The topological polar surface area (TPSA) is 67.6 Å². The van der Waals surface area contributed by atoms with Crippen molar-refractivity contribution >= 4 is 11.6 Å². The number of anilines is 1. The molecule has 20 heavy (non-hydrogen) atoms. The Labute approximate surface area is 117 Å². The van der Waals surface area contributed by atoms with Crippen LogP contribution < -0.4 is 11.1 Å². The van der Waals surface area contributed by atoms with E-state index in [4.69, 9.17) is 10.5 Å². The molecule has 1 saturated heterocycles. The van der Waals surface area contributed by atoms with Crippen LogP contribution in [0.2, 0.25) is 0 Å². The summed E-state index contributed by atoms with van der Waals surface area (Å²) in [6.45, 7) is 4.11. The Morgan fingerprint density at radius 2 is 2.25 bits per heavy atom. The summed E-state index contributed by atoms with van der Waals surface area (Å²) in [4.78, 5) is 13.9. The lowest BCUT2D eigenvalue weighted by Gasteiger charge is -2.34. The number of ether oxygens (including phenoxy) is 1. The molecule has 110 valence electrons. The van der Waals surface area contributed by atoms with Gasteiger partial charge in [0.25, 0.3) is 0 Å². The fourth-order valence-corrected chi connectivity index (χ4v) is 2.13. The summed E-state index contributed by atoms with van der Waals surface area (Å²) >= 11 is 0. The Morgan fingerprint density at radius 3 is 2.90 bits per heavy atom. The maximum absolute atomic E-state index is 12.8. The molecular weight excluding hydrogens is 261 g/mol. The second-order valence-corrected chi connectivity index (χ2v) is 5.06. The van der Waals surface area contributed by atoms with Gasteiger partial charge in [0.1, 0.15) is 5.82 Å². The van der Waals surface area contributed by atoms with Crippen molar-refractivity contribution in [3.8, 4) is 0 Å². The summed E-state index contributed by atoms with van der Waals surface area (Å²) in [5, 5.41) is 2.74. The van der Waals surface area contributed by atoms with E-state index in [1.807, 2.05) is 11.8 Å². The molecule has 6 heteroatoms. The minimum Gasteiger partial charge on any atom is -0.374 e. The van der Waals surface area contributed by atoms with E-state index in [0.29, 0.717) is 25.4 Å². The van der Waals surface area contributed by atoms with E-state index in [1.54, 1.807) is 0 Å². The zero-order valence-corrected chi connectivity index (χ0v) is 11.5. The molecule has 2 unspecified atom stereocenters. The standard InChI is InChI=1S/C14H20FN3O2/c1-10(16)13-8-18(6-7-20-13)9-14(19)17-12-4-2-11(15)3-5-12/h2-5,10,13H,6-9,16H2,1H3,(H,17,19). The molecule has 0 aliphatic carbocycles. The molecular formula is C14H20FN3O2. The lowest BCUT2D eigenvalue weighted by molar-refractivity contribution is -0.119. The van der Waals surface area contributed by atoms with Crippen LogP contribution in [0.3, 0.4) is 0 Å². The first-order valence-corrected chi connectivity index (χ1v) is 6.69. The summed E-state index contributed by atoms with van der Waals surface area (Å²) in [7, 11) is 0. The predicted molar refractivity (Wildman–Crippen MR) is 74.9 cm³/mol. The van der Waals surface area contributed by atoms with E-state index in [-0.39, 0.29) is 30.4 Å². The van der Waals surface area contributed by atoms with Crippen LogP contribution in [0.15, 0.2) is 24.3 Å². The zero-order chi connectivity index (χ0) is 14.5. The first-order chi connectivity index (χ1) is 9.54. The molecule has 1 amide bonds. The first kappa shape index (κ1) is 14.9. The third-order valence-corrected chi connectivity index (χ3v) is 3.26. The molecule has 3 N–H and O–H groups in total. The minimum absolute atomic E-state index is 0.0395. The van der Waals surface area contributed by atoms with E-state index in [2.05, 4.69) is 5.32 Å². The van der Waals surface area contributed by atoms with Gasteiger partial charge in [-0.2, -0.15) is 0 Å². The quantitative estimate of drug-likeness (QED) is 0.857. The van der Waals surface area contributed by atoms with Gasteiger partial charge < -0.3 is 15.8 Å².